The molecule has 4 rings (SSSR count). The van der Waals surface area contributed by atoms with Crippen molar-refractivity contribution in [3.8, 4) is 11.5 Å². The Kier molecular flexibility index (Phi) is 5.63. The number of thiazole rings is 1. The third-order valence-corrected chi connectivity index (χ3v) is 6.45. The van der Waals surface area contributed by atoms with Crippen molar-refractivity contribution >= 4 is 17.2 Å². The first-order valence-electron chi connectivity index (χ1n) is 9.86. The van der Waals surface area contributed by atoms with Crippen LogP contribution < -0.4 is 19.7 Å². The molecule has 0 saturated heterocycles. The molecule has 0 unspecified atom stereocenters. The summed E-state index contributed by atoms with van der Waals surface area (Å²) in [5.74, 6) is 1.16. The topological polar surface area (TPSA) is 69.6 Å². The second-order valence-electron chi connectivity index (χ2n) is 7.40. The Bertz CT molecular complexity index is 1140. The summed E-state index contributed by atoms with van der Waals surface area (Å²) in [5, 5.41) is 2.91. The quantitative estimate of drug-likeness (QED) is 0.680. The number of benzene rings is 2. The average molecular weight is 425 g/mol. The van der Waals surface area contributed by atoms with Gasteiger partial charge in [0, 0.05) is 12.2 Å². The number of fused-ring (bicyclic) bond motifs is 1. The predicted octanol–water partition coefficient (Wildman–Crippen LogP) is 3.58. The van der Waals surface area contributed by atoms with Crippen LogP contribution in [-0.2, 0) is 13.1 Å². The van der Waals surface area contributed by atoms with Gasteiger partial charge in [0.05, 0.1) is 6.54 Å². The number of nitrogens with one attached hydrogen (secondary N) is 1. The van der Waals surface area contributed by atoms with Gasteiger partial charge < -0.3 is 14.8 Å². The highest BCUT2D eigenvalue weighted by molar-refractivity contribution is 7.11. The number of carbonyl (C=O) groups is 1. The lowest BCUT2D eigenvalue weighted by Crippen LogP contribution is -2.23. The van der Waals surface area contributed by atoms with Crippen molar-refractivity contribution in [2.75, 3.05) is 13.2 Å². The summed E-state index contributed by atoms with van der Waals surface area (Å²) in [4.78, 5) is 25.7. The Morgan fingerprint density at radius 1 is 1.07 bits per heavy atom. The van der Waals surface area contributed by atoms with E-state index in [1.165, 1.54) is 0 Å². The fourth-order valence-corrected chi connectivity index (χ4v) is 4.50. The molecule has 7 heteroatoms. The van der Waals surface area contributed by atoms with Gasteiger partial charge in [-0.05, 0) is 55.2 Å². The number of aromatic nitrogens is 1. The molecule has 30 heavy (non-hydrogen) atoms. The molecular weight excluding hydrogens is 400 g/mol. The number of ether oxygens (including phenoxy) is 2. The number of amides is 1. The van der Waals surface area contributed by atoms with Gasteiger partial charge in [-0.2, -0.15) is 0 Å². The van der Waals surface area contributed by atoms with E-state index in [-0.39, 0.29) is 10.8 Å². The van der Waals surface area contributed by atoms with Crippen LogP contribution in [0, 0.1) is 20.8 Å². The van der Waals surface area contributed by atoms with Gasteiger partial charge in [-0.25, -0.2) is 0 Å². The second kappa shape index (κ2) is 8.36. The van der Waals surface area contributed by atoms with Gasteiger partial charge in [0.15, 0.2) is 11.5 Å². The molecule has 1 aliphatic heterocycles. The Labute approximate surface area is 179 Å². The number of hydrogen-bond donors (Lipinski definition) is 1. The standard InChI is InChI=1S/C23H24N2O4S/c1-14-5-4-6-15(2)18(14)13-25-16(3)21(30-23(25)27)22(26)24-12-17-7-8-19-20(11-17)29-10-9-28-19/h4-8,11H,9-10,12-13H2,1-3H3,(H,24,26). The van der Waals surface area contributed by atoms with Crippen LogP contribution in [-0.4, -0.2) is 23.7 Å². The number of carbonyl (C=O) groups excluding carboxylic acids is 1. The van der Waals surface area contributed by atoms with Gasteiger partial charge in [0.1, 0.15) is 18.1 Å². The van der Waals surface area contributed by atoms with Crippen LogP contribution in [0.25, 0.3) is 0 Å². The number of rotatable bonds is 5. The Morgan fingerprint density at radius 2 is 1.77 bits per heavy atom. The second-order valence-corrected chi connectivity index (χ2v) is 8.36. The van der Waals surface area contributed by atoms with Gasteiger partial charge in [-0.3, -0.25) is 14.2 Å². The molecule has 0 aliphatic carbocycles. The molecule has 2 aromatic carbocycles. The summed E-state index contributed by atoms with van der Waals surface area (Å²) in [6.07, 6.45) is 0. The molecule has 2 heterocycles. The molecule has 1 aromatic heterocycles. The lowest BCUT2D eigenvalue weighted by molar-refractivity contribution is 0.0953. The van der Waals surface area contributed by atoms with E-state index in [4.69, 9.17) is 9.47 Å². The molecule has 0 bridgehead atoms. The fourth-order valence-electron chi connectivity index (χ4n) is 3.59. The summed E-state index contributed by atoms with van der Waals surface area (Å²) in [6, 6.07) is 11.7. The van der Waals surface area contributed by atoms with Crippen LogP contribution in [0.2, 0.25) is 0 Å². The average Bonchev–Trinajstić information content (AvgIpc) is 3.02. The first kappa shape index (κ1) is 20.2. The van der Waals surface area contributed by atoms with Crippen molar-refractivity contribution in [3.63, 3.8) is 0 Å². The van der Waals surface area contributed by atoms with Gasteiger partial charge in [0.25, 0.3) is 5.91 Å². The molecule has 156 valence electrons. The smallest absolute Gasteiger partial charge is 0.308 e. The van der Waals surface area contributed by atoms with Crippen LogP contribution >= 0.6 is 11.3 Å². The number of aryl methyl sites for hydroxylation is 2. The van der Waals surface area contributed by atoms with Crippen LogP contribution in [0.4, 0.5) is 0 Å². The first-order chi connectivity index (χ1) is 14.4. The van der Waals surface area contributed by atoms with Gasteiger partial charge in [-0.1, -0.05) is 35.6 Å². The molecule has 1 N–H and O–H groups in total. The van der Waals surface area contributed by atoms with Crippen LogP contribution in [0.1, 0.15) is 37.6 Å². The van der Waals surface area contributed by atoms with Gasteiger partial charge >= 0.3 is 4.87 Å². The maximum absolute atomic E-state index is 12.8. The summed E-state index contributed by atoms with van der Waals surface area (Å²) in [7, 11) is 0. The molecule has 1 aliphatic rings. The molecule has 3 aromatic rings. The van der Waals surface area contributed by atoms with E-state index >= 15 is 0 Å². The summed E-state index contributed by atoms with van der Waals surface area (Å²) in [6.45, 7) is 7.77. The number of hydrogen-bond acceptors (Lipinski definition) is 5. The van der Waals surface area contributed by atoms with Crippen LogP contribution in [0.3, 0.4) is 0 Å². The van der Waals surface area contributed by atoms with Crippen molar-refractivity contribution in [1.82, 2.24) is 9.88 Å². The minimum absolute atomic E-state index is 0.125. The zero-order chi connectivity index (χ0) is 21.3. The van der Waals surface area contributed by atoms with E-state index in [2.05, 4.69) is 5.32 Å². The maximum atomic E-state index is 12.8. The fraction of sp³-hybridized carbons (Fsp3) is 0.304. The lowest BCUT2D eigenvalue weighted by Gasteiger charge is -2.19. The van der Waals surface area contributed by atoms with Gasteiger partial charge in [-0.15, -0.1) is 0 Å². The lowest BCUT2D eigenvalue weighted by atomic mass is 10.0. The molecular formula is C23H24N2O4S. The van der Waals surface area contributed by atoms with Crippen molar-refractivity contribution < 1.29 is 14.3 Å². The van der Waals surface area contributed by atoms with E-state index in [1.807, 2.05) is 57.2 Å². The molecule has 0 saturated carbocycles. The Morgan fingerprint density at radius 3 is 2.50 bits per heavy atom. The summed E-state index contributed by atoms with van der Waals surface area (Å²) < 4.78 is 12.8. The zero-order valence-corrected chi connectivity index (χ0v) is 18.1. The van der Waals surface area contributed by atoms with Crippen LogP contribution in [0.15, 0.2) is 41.2 Å². The molecule has 1 amide bonds. The molecule has 0 spiro atoms. The highest BCUT2D eigenvalue weighted by atomic mass is 32.1. The third kappa shape index (κ3) is 3.98. The minimum Gasteiger partial charge on any atom is -0.486 e. The highest BCUT2D eigenvalue weighted by Crippen LogP contribution is 2.30. The Hall–Kier alpha value is -3.06. The van der Waals surface area contributed by atoms with E-state index in [0.29, 0.717) is 48.4 Å². The largest absolute Gasteiger partial charge is 0.486 e. The van der Waals surface area contributed by atoms with Crippen molar-refractivity contribution in [2.24, 2.45) is 0 Å². The zero-order valence-electron chi connectivity index (χ0n) is 17.3. The third-order valence-electron chi connectivity index (χ3n) is 5.37. The van der Waals surface area contributed by atoms with E-state index in [0.717, 1.165) is 33.6 Å². The Balaban J connectivity index is 1.50. The van der Waals surface area contributed by atoms with Crippen LogP contribution in [0.5, 0.6) is 11.5 Å². The minimum atomic E-state index is -0.246. The number of nitrogens with zero attached hydrogens (tertiary/aromatic N) is 1. The van der Waals surface area contributed by atoms with E-state index < -0.39 is 0 Å². The SMILES string of the molecule is Cc1cccc(C)c1Cn1c(C)c(C(=O)NCc2ccc3c(c2)OCCO3)sc1=O. The van der Waals surface area contributed by atoms with Crippen molar-refractivity contribution in [3.05, 3.63) is 78.9 Å². The first-order valence-corrected chi connectivity index (χ1v) is 10.7. The van der Waals surface area contributed by atoms with Gasteiger partial charge in [0.2, 0.25) is 0 Å². The molecule has 0 radical (unpaired) electrons. The summed E-state index contributed by atoms with van der Waals surface area (Å²) in [5.41, 5.74) is 4.98. The molecule has 6 nitrogen and oxygen atoms in total. The maximum Gasteiger partial charge on any atom is 0.308 e. The van der Waals surface area contributed by atoms with E-state index in [9.17, 15) is 9.59 Å². The highest BCUT2D eigenvalue weighted by Gasteiger charge is 2.19. The molecule has 0 fully saturated rings. The summed E-state index contributed by atoms with van der Waals surface area (Å²) >= 11 is 0.989. The van der Waals surface area contributed by atoms with Crippen molar-refractivity contribution in [2.45, 2.75) is 33.9 Å². The normalized spacial score (nSPS) is 12.6. The monoisotopic (exact) mass is 424 g/mol. The predicted molar refractivity (Wildman–Crippen MR) is 117 cm³/mol. The van der Waals surface area contributed by atoms with Crippen molar-refractivity contribution in [1.29, 1.82) is 0 Å². The molecule has 0 atom stereocenters. The van der Waals surface area contributed by atoms with E-state index in [1.54, 1.807) is 4.57 Å².